The average Bonchev–Trinajstić information content (AvgIpc) is 2.96. The summed E-state index contributed by atoms with van der Waals surface area (Å²) in [4.78, 5) is 9.63. The number of hydrogen-bond donors (Lipinski definition) is 0. The molecule has 0 aliphatic heterocycles. The normalized spacial score (nSPS) is 12.5. The fourth-order valence-corrected chi connectivity index (χ4v) is 3.46. The zero-order chi connectivity index (χ0) is 18.8. The van der Waals surface area contributed by atoms with Crippen molar-refractivity contribution in [3.63, 3.8) is 0 Å². The number of nitrogens with zero attached hydrogens (tertiary/aromatic N) is 3. The molecule has 0 aliphatic rings. The number of hydrogen-bond acceptors (Lipinski definition) is 4. The van der Waals surface area contributed by atoms with E-state index >= 15 is 0 Å². The van der Waals surface area contributed by atoms with E-state index in [1.807, 2.05) is 6.07 Å². The highest BCUT2D eigenvalue weighted by Crippen LogP contribution is 2.31. The molecule has 0 saturated heterocycles. The SMILES string of the molecule is CCc1nc(OC)ccc1-c1nc2c(C)cn(C(C)COC)c2cc1C. The Kier molecular flexibility index (Phi) is 5.28. The van der Waals surface area contributed by atoms with Crippen molar-refractivity contribution in [2.24, 2.45) is 0 Å². The van der Waals surface area contributed by atoms with Gasteiger partial charge in [0.25, 0.3) is 0 Å². The van der Waals surface area contributed by atoms with Crippen LogP contribution in [0.15, 0.2) is 24.4 Å². The van der Waals surface area contributed by atoms with E-state index in [9.17, 15) is 0 Å². The molecular weight excluding hydrogens is 326 g/mol. The number of pyridine rings is 2. The molecule has 5 heteroatoms. The van der Waals surface area contributed by atoms with Crippen LogP contribution in [0.5, 0.6) is 5.88 Å². The van der Waals surface area contributed by atoms with Crippen molar-refractivity contribution in [2.45, 2.75) is 40.2 Å². The first-order valence-corrected chi connectivity index (χ1v) is 9.02. The van der Waals surface area contributed by atoms with Crippen molar-refractivity contribution in [1.29, 1.82) is 0 Å². The lowest BCUT2D eigenvalue weighted by molar-refractivity contribution is 0.164. The Bertz CT molecular complexity index is 931. The van der Waals surface area contributed by atoms with Crippen LogP contribution >= 0.6 is 0 Å². The van der Waals surface area contributed by atoms with Crippen molar-refractivity contribution in [3.8, 4) is 17.1 Å². The Balaban J connectivity index is 2.18. The lowest BCUT2D eigenvalue weighted by atomic mass is 10.0. The van der Waals surface area contributed by atoms with E-state index in [0.29, 0.717) is 12.5 Å². The number of ether oxygens (including phenoxy) is 2. The van der Waals surface area contributed by atoms with Crippen LogP contribution in [0.2, 0.25) is 0 Å². The minimum absolute atomic E-state index is 0.261. The Morgan fingerprint density at radius 2 is 1.88 bits per heavy atom. The highest BCUT2D eigenvalue weighted by atomic mass is 16.5. The number of fused-ring (bicyclic) bond motifs is 1. The smallest absolute Gasteiger partial charge is 0.213 e. The van der Waals surface area contributed by atoms with Gasteiger partial charge >= 0.3 is 0 Å². The fraction of sp³-hybridized carbons (Fsp3) is 0.429. The van der Waals surface area contributed by atoms with Gasteiger partial charge in [0, 0.05) is 24.9 Å². The lowest BCUT2D eigenvalue weighted by Crippen LogP contribution is -2.10. The molecule has 1 atom stereocenters. The molecule has 1 unspecified atom stereocenters. The van der Waals surface area contributed by atoms with E-state index in [0.717, 1.165) is 40.0 Å². The van der Waals surface area contributed by atoms with E-state index in [4.69, 9.17) is 14.5 Å². The predicted molar refractivity (Wildman–Crippen MR) is 105 cm³/mol. The zero-order valence-electron chi connectivity index (χ0n) is 16.5. The van der Waals surface area contributed by atoms with Gasteiger partial charge in [0.1, 0.15) is 0 Å². The van der Waals surface area contributed by atoms with Crippen LogP contribution < -0.4 is 4.74 Å². The lowest BCUT2D eigenvalue weighted by Gasteiger charge is -2.15. The van der Waals surface area contributed by atoms with Crippen LogP contribution in [-0.2, 0) is 11.2 Å². The van der Waals surface area contributed by atoms with E-state index in [2.05, 4.69) is 55.6 Å². The molecule has 5 nitrogen and oxygen atoms in total. The largest absolute Gasteiger partial charge is 0.481 e. The second-order valence-electron chi connectivity index (χ2n) is 6.75. The zero-order valence-corrected chi connectivity index (χ0v) is 16.5. The summed E-state index contributed by atoms with van der Waals surface area (Å²) in [6.45, 7) is 9.16. The van der Waals surface area contributed by atoms with E-state index in [1.165, 1.54) is 5.56 Å². The van der Waals surface area contributed by atoms with Crippen molar-refractivity contribution >= 4 is 11.0 Å². The maximum Gasteiger partial charge on any atom is 0.213 e. The molecule has 0 amide bonds. The van der Waals surface area contributed by atoms with Crippen LogP contribution in [0.25, 0.3) is 22.3 Å². The Labute approximate surface area is 155 Å². The van der Waals surface area contributed by atoms with Gasteiger partial charge in [0.05, 0.1) is 42.2 Å². The highest BCUT2D eigenvalue weighted by molar-refractivity contribution is 5.84. The van der Waals surface area contributed by atoms with Crippen molar-refractivity contribution in [3.05, 3.63) is 41.2 Å². The van der Waals surface area contributed by atoms with Crippen LogP contribution in [0.3, 0.4) is 0 Å². The van der Waals surface area contributed by atoms with Crippen molar-refractivity contribution < 1.29 is 9.47 Å². The Morgan fingerprint density at radius 3 is 2.54 bits per heavy atom. The predicted octanol–water partition coefficient (Wildman–Crippen LogP) is 4.49. The minimum atomic E-state index is 0.261. The van der Waals surface area contributed by atoms with E-state index in [1.54, 1.807) is 14.2 Å². The summed E-state index contributed by atoms with van der Waals surface area (Å²) in [5, 5.41) is 0. The summed E-state index contributed by atoms with van der Waals surface area (Å²) >= 11 is 0. The molecule has 0 saturated carbocycles. The molecule has 3 heterocycles. The van der Waals surface area contributed by atoms with E-state index in [-0.39, 0.29) is 6.04 Å². The van der Waals surface area contributed by atoms with Gasteiger partial charge in [-0.15, -0.1) is 0 Å². The molecule has 26 heavy (non-hydrogen) atoms. The summed E-state index contributed by atoms with van der Waals surface area (Å²) in [6, 6.07) is 6.45. The molecule has 0 aliphatic carbocycles. The van der Waals surface area contributed by atoms with E-state index < -0.39 is 0 Å². The summed E-state index contributed by atoms with van der Waals surface area (Å²) in [6.07, 6.45) is 2.99. The molecule has 0 spiro atoms. The fourth-order valence-electron chi connectivity index (χ4n) is 3.46. The average molecular weight is 353 g/mol. The van der Waals surface area contributed by atoms with Gasteiger partial charge in [-0.05, 0) is 50.5 Å². The van der Waals surface area contributed by atoms with Gasteiger partial charge in [-0.3, -0.25) is 0 Å². The molecule has 3 aromatic heterocycles. The third-order valence-electron chi connectivity index (χ3n) is 4.81. The number of rotatable bonds is 6. The van der Waals surface area contributed by atoms with Crippen LogP contribution in [0, 0.1) is 13.8 Å². The quantitative estimate of drug-likeness (QED) is 0.655. The Hall–Kier alpha value is -2.40. The molecule has 3 rings (SSSR count). The first-order chi connectivity index (χ1) is 12.5. The Morgan fingerprint density at radius 1 is 1.12 bits per heavy atom. The highest BCUT2D eigenvalue weighted by Gasteiger charge is 2.17. The first kappa shape index (κ1) is 18.4. The summed E-state index contributed by atoms with van der Waals surface area (Å²) < 4.78 is 12.9. The van der Waals surface area contributed by atoms with Gasteiger partial charge < -0.3 is 14.0 Å². The van der Waals surface area contributed by atoms with Crippen molar-refractivity contribution in [2.75, 3.05) is 20.8 Å². The van der Waals surface area contributed by atoms with Crippen LogP contribution in [-0.4, -0.2) is 35.4 Å². The third kappa shape index (κ3) is 3.19. The molecule has 0 fully saturated rings. The van der Waals surface area contributed by atoms with Gasteiger partial charge in [-0.1, -0.05) is 6.92 Å². The monoisotopic (exact) mass is 353 g/mol. The summed E-state index contributed by atoms with van der Waals surface area (Å²) in [5.74, 6) is 0.639. The molecule has 0 aromatic carbocycles. The maximum absolute atomic E-state index is 5.33. The molecule has 0 bridgehead atoms. The van der Waals surface area contributed by atoms with Gasteiger partial charge in [0.15, 0.2) is 0 Å². The molecular formula is C21H27N3O2. The molecule has 0 radical (unpaired) electrons. The number of aromatic nitrogens is 3. The maximum atomic E-state index is 5.33. The van der Waals surface area contributed by atoms with Crippen LogP contribution in [0.1, 0.15) is 36.7 Å². The first-order valence-electron chi connectivity index (χ1n) is 9.02. The summed E-state index contributed by atoms with van der Waals surface area (Å²) in [7, 11) is 3.38. The topological polar surface area (TPSA) is 49.2 Å². The minimum Gasteiger partial charge on any atom is -0.481 e. The van der Waals surface area contributed by atoms with Gasteiger partial charge in [-0.25, -0.2) is 9.97 Å². The number of aryl methyl sites for hydroxylation is 3. The summed E-state index contributed by atoms with van der Waals surface area (Å²) in [5.41, 5.74) is 7.56. The van der Waals surface area contributed by atoms with Crippen LogP contribution in [0.4, 0.5) is 0 Å². The standard InChI is InChI=1S/C21H27N3O2/c1-7-17-16(8-9-19(22-17)26-6)20-13(2)10-18-21(23-20)14(3)11-24(18)15(4)12-25-5/h8-11,15H,7,12H2,1-6H3. The van der Waals surface area contributed by atoms with Gasteiger partial charge in [-0.2, -0.15) is 0 Å². The molecule has 0 N–H and O–H groups in total. The molecule has 3 aromatic rings. The van der Waals surface area contributed by atoms with Crippen molar-refractivity contribution in [1.82, 2.24) is 14.5 Å². The second-order valence-corrected chi connectivity index (χ2v) is 6.75. The van der Waals surface area contributed by atoms with Gasteiger partial charge in [0.2, 0.25) is 5.88 Å². The molecule has 138 valence electrons. The second kappa shape index (κ2) is 7.46. The number of methoxy groups -OCH3 is 2. The third-order valence-corrected chi connectivity index (χ3v) is 4.81.